The molecule has 2 N–H and O–H groups in total. The number of rotatable bonds is 9. The standard InChI is InChI=1S/C20H32N2O3/c1-7-9-20(5,19(24)25-6)22-13-18(23)21-10-8-17-15(3)11-14(2)12-16(17)4/h11-12,22H,7-10,13H2,1-6H3,(H,21,23). The number of hydrogen-bond acceptors (Lipinski definition) is 4. The monoisotopic (exact) mass is 348 g/mol. The zero-order valence-electron chi connectivity index (χ0n) is 16.4. The lowest BCUT2D eigenvalue weighted by Gasteiger charge is -2.27. The van der Waals surface area contributed by atoms with Crippen LogP contribution in [0.5, 0.6) is 0 Å². The number of nitrogens with one attached hydrogen (secondary N) is 2. The van der Waals surface area contributed by atoms with E-state index in [1.165, 1.54) is 29.4 Å². The van der Waals surface area contributed by atoms with Crippen LogP contribution in [0.3, 0.4) is 0 Å². The molecule has 1 atom stereocenters. The van der Waals surface area contributed by atoms with Crippen molar-refractivity contribution in [2.75, 3.05) is 20.2 Å². The van der Waals surface area contributed by atoms with Gasteiger partial charge < -0.3 is 10.1 Å². The molecule has 5 nitrogen and oxygen atoms in total. The van der Waals surface area contributed by atoms with E-state index in [-0.39, 0.29) is 18.4 Å². The first-order chi connectivity index (χ1) is 11.7. The molecule has 1 rings (SSSR count). The number of amides is 1. The molecule has 0 heterocycles. The average molecular weight is 348 g/mol. The van der Waals surface area contributed by atoms with Crippen molar-refractivity contribution < 1.29 is 14.3 Å². The second kappa shape index (κ2) is 9.56. The molecule has 0 saturated carbocycles. The Kier molecular flexibility index (Phi) is 8.10. The van der Waals surface area contributed by atoms with E-state index in [1.54, 1.807) is 6.92 Å². The molecule has 5 heteroatoms. The largest absolute Gasteiger partial charge is 0.468 e. The molecule has 1 aromatic rings. The van der Waals surface area contributed by atoms with Crippen molar-refractivity contribution in [2.24, 2.45) is 0 Å². The number of ether oxygens (including phenoxy) is 1. The minimum atomic E-state index is -0.828. The summed E-state index contributed by atoms with van der Waals surface area (Å²) in [6.07, 6.45) is 2.24. The Morgan fingerprint density at radius 3 is 2.28 bits per heavy atom. The Morgan fingerprint density at radius 2 is 1.76 bits per heavy atom. The minimum absolute atomic E-state index is 0.0947. The first-order valence-corrected chi connectivity index (χ1v) is 8.90. The highest BCUT2D eigenvalue weighted by Crippen LogP contribution is 2.16. The molecule has 25 heavy (non-hydrogen) atoms. The lowest BCUT2D eigenvalue weighted by atomic mass is 9.96. The van der Waals surface area contributed by atoms with Gasteiger partial charge in [0, 0.05) is 6.54 Å². The van der Waals surface area contributed by atoms with E-state index in [0.29, 0.717) is 13.0 Å². The highest BCUT2D eigenvalue weighted by atomic mass is 16.5. The predicted octanol–water partition coefficient (Wildman–Crippen LogP) is 2.59. The number of carbonyl (C=O) groups is 2. The second-order valence-corrected chi connectivity index (χ2v) is 6.90. The van der Waals surface area contributed by atoms with Crippen molar-refractivity contribution in [3.63, 3.8) is 0 Å². The molecule has 0 fully saturated rings. The first kappa shape index (κ1) is 21.2. The molecule has 1 unspecified atom stereocenters. The van der Waals surface area contributed by atoms with Gasteiger partial charge >= 0.3 is 5.97 Å². The van der Waals surface area contributed by atoms with Gasteiger partial charge in [0.2, 0.25) is 5.91 Å². The molecule has 1 amide bonds. The zero-order valence-corrected chi connectivity index (χ0v) is 16.4. The van der Waals surface area contributed by atoms with Gasteiger partial charge in [0.05, 0.1) is 13.7 Å². The van der Waals surface area contributed by atoms with Crippen LogP contribution in [-0.4, -0.2) is 37.6 Å². The van der Waals surface area contributed by atoms with E-state index in [9.17, 15) is 9.59 Å². The fourth-order valence-corrected chi connectivity index (χ4v) is 3.26. The Hall–Kier alpha value is -1.88. The smallest absolute Gasteiger partial charge is 0.325 e. The third kappa shape index (κ3) is 6.16. The van der Waals surface area contributed by atoms with Crippen molar-refractivity contribution in [3.05, 3.63) is 34.4 Å². The van der Waals surface area contributed by atoms with Crippen LogP contribution >= 0.6 is 0 Å². The molecule has 0 aliphatic heterocycles. The Morgan fingerprint density at radius 1 is 1.16 bits per heavy atom. The molecular formula is C20H32N2O3. The minimum Gasteiger partial charge on any atom is -0.468 e. The highest BCUT2D eigenvalue weighted by molar-refractivity contribution is 5.83. The van der Waals surface area contributed by atoms with Crippen molar-refractivity contribution in [3.8, 4) is 0 Å². The summed E-state index contributed by atoms with van der Waals surface area (Å²) in [4.78, 5) is 24.0. The SMILES string of the molecule is CCCC(C)(NCC(=O)NCCc1c(C)cc(C)cc1C)C(=O)OC. The molecule has 0 bridgehead atoms. The van der Waals surface area contributed by atoms with Crippen LogP contribution in [-0.2, 0) is 20.7 Å². The van der Waals surface area contributed by atoms with E-state index in [2.05, 4.69) is 43.5 Å². The Labute approximate surface area is 151 Å². The lowest BCUT2D eigenvalue weighted by Crippen LogP contribution is -2.53. The van der Waals surface area contributed by atoms with Crippen LogP contribution in [0.4, 0.5) is 0 Å². The van der Waals surface area contributed by atoms with Crippen LogP contribution in [0.15, 0.2) is 12.1 Å². The van der Waals surface area contributed by atoms with Gasteiger partial charge in [-0.2, -0.15) is 0 Å². The topological polar surface area (TPSA) is 67.4 Å². The van der Waals surface area contributed by atoms with E-state index < -0.39 is 5.54 Å². The summed E-state index contributed by atoms with van der Waals surface area (Å²) < 4.78 is 4.84. The third-order valence-electron chi connectivity index (χ3n) is 4.56. The van der Waals surface area contributed by atoms with Gasteiger partial charge in [0.1, 0.15) is 5.54 Å². The van der Waals surface area contributed by atoms with Crippen LogP contribution < -0.4 is 10.6 Å². The summed E-state index contributed by atoms with van der Waals surface area (Å²) in [5.41, 5.74) is 4.22. The van der Waals surface area contributed by atoms with Gasteiger partial charge in [0.25, 0.3) is 0 Å². The fourth-order valence-electron chi connectivity index (χ4n) is 3.26. The number of carbonyl (C=O) groups excluding carboxylic acids is 2. The van der Waals surface area contributed by atoms with Gasteiger partial charge in [-0.15, -0.1) is 0 Å². The van der Waals surface area contributed by atoms with Crippen molar-refractivity contribution in [1.29, 1.82) is 0 Å². The quantitative estimate of drug-likeness (QED) is 0.673. The van der Waals surface area contributed by atoms with Crippen LogP contribution in [0.2, 0.25) is 0 Å². The number of methoxy groups -OCH3 is 1. The number of esters is 1. The molecule has 0 aliphatic carbocycles. The van der Waals surface area contributed by atoms with Crippen LogP contribution in [0.25, 0.3) is 0 Å². The Bertz CT molecular complexity index is 590. The maximum absolute atomic E-state index is 12.1. The van der Waals surface area contributed by atoms with Crippen molar-refractivity contribution in [1.82, 2.24) is 10.6 Å². The second-order valence-electron chi connectivity index (χ2n) is 6.90. The van der Waals surface area contributed by atoms with Gasteiger partial charge in [-0.05, 0) is 57.2 Å². The highest BCUT2D eigenvalue weighted by Gasteiger charge is 2.33. The van der Waals surface area contributed by atoms with Crippen molar-refractivity contribution >= 4 is 11.9 Å². The molecule has 0 radical (unpaired) electrons. The lowest BCUT2D eigenvalue weighted by molar-refractivity contribution is -0.148. The maximum Gasteiger partial charge on any atom is 0.325 e. The summed E-state index contributed by atoms with van der Waals surface area (Å²) in [7, 11) is 1.37. The number of benzene rings is 1. The predicted molar refractivity (Wildman–Crippen MR) is 101 cm³/mol. The summed E-state index contributed by atoms with van der Waals surface area (Å²) in [5, 5.41) is 5.96. The van der Waals surface area contributed by atoms with E-state index in [4.69, 9.17) is 4.74 Å². The summed E-state index contributed by atoms with van der Waals surface area (Å²) in [6.45, 7) is 10.7. The van der Waals surface area contributed by atoms with Gasteiger partial charge in [-0.1, -0.05) is 31.0 Å². The number of hydrogen-bond donors (Lipinski definition) is 2. The van der Waals surface area contributed by atoms with Gasteiger partial charge in [-0.3, -0.25) is 14.9 Å². The fraction of sp³-hybridized carbons (Fsp3) is 0.600. The van der Waals surface area contributed by atoms with E-state index in [1.807, 2.05) is 6.92 Å². The Balaban J connectivity index is 2.51. The summed E-state index contributed by atoms with van der Waals surface area (Å²) >= 11 is 0. The third-order valence-corrected chi connectivity index (χ3v) is 4.56. The molecule has 0 saturated heterocycles. The van der Waals surface area contributed by atoms with E-state index in [0.717, 1.165) is 12.8 Å². The molecule has 1 aromatic carbocycles. The average Bonchev–Trinajstić information content (AvgIpc) is 2.54. The summed E-state index contributed by atoms with van der Waals surface area (Å²) in [6, 6.07) is 4.33. The number of aryl methyl sites for hydroxylation is 3. The van der Waals surface area contributed by atoms with Gasteiger partial charge in [-0.25, -0.2) is 0 Å². The zero-order chi connectivity index (χ0) is 19.0. The molecule has 0 spiro atoms. The van der Waals surface area contributed by atoms with Gasteiger partial charge in [0.15, 0.2) is 0 Å². The van der Waals surface area contributed by atoms with E-state index >= 15 is 0 Å². The first-order valence-electron chi connectivity index (χ1n) is 8.90. The van der Waals surface area contributed by atoms with Crippen LogP contribution in [0, 0.1) is 20.8 Å². The molecule has 140 valence electrons. The summed E-state index contributed by atoms with van der Waals surface area (Å²) in [5.74, 6) is -0.457. The molecular weight excluding hydrogens is 316 g/mol. The van der Waals surface area contributed by atoms with Crippen LogP contribution in [0.1, 0.15) is 48.9 Å². The molecule has 0 aliphatic rings. The van der Waals surface area contributed by atoms with Crippen molar-refractivity contribution in [2.45, 2.75) is 59.4 Å². The maximum atomic E-state index is 12.1. The normalized spacial score (nSPS) is 13.2. The molecule has 0 aromatic heterocycles.